The number of halogens is 2. The fraction of sp³-hybridized carbons (Fsp3) is 0.143. The summed E-state index contributed by atoms with van der Waals surface area (Å²) in [6, 6.07) is 4.96. The van der Waals surface area contributed by atoms with Crippen molar-refractivity contribution in [3.8, 4) is 5.75 Å². The molecule has 4 heteroatoms. The molecular weight excluding hydrogens is 185 g/mol. The molecule has 1 aromatic carbocycles. The molecule has 2 nitrogen and oxygen atoms in total. The number of hydrogen-bond acceptors (Lipinski definition) is 2. The Balaban J connectivity index is 0. The lowest BCUT2D eigenvalue weighted by Gasteiger charge is -1.98. The highest BCUT2D eigenvalue weighted by Crippen LogP contribution is 2.23. The third kappa shape index (κ3) is 2.58. The van der Waals surface area contributed by atoms with Crippen LogP contribution in [0.5, 0.6) is 5.75 Å². The lowest BCUT2D eigenvalue weighted by Crippen LogP contribution is -3.00. The van der Waals surface area contributed by atoms with E-state index >= 15 is 0 Å². The van der Waals surface area contributed by atoms with Gasteiger partial charge in [0.15, 0.2) is 0 Å². The lowest BCUT2D eigenvalue weighted by molar-refractivity contribution is -0.00000307. The Bertz CT molecular complexity index is 245. The molecule has 0 saturated heterocycles. The maximum absolute atomic E-state index is 9.04. The van der Waals surface area contributed by atoms with Crippen LogP contribution in [0.2, 0.25) is 5.02 Å². The first-order valence-corrected chi connectivity index (χ1v) is 3.29. The molecule has 1 aromatic rings. The van der Waals surface area contributed by atoms with Gasteiger partial charge < -0.3 is 23.2 Å². The third-order valence-corrected chi connectivity index (χ3v) is 1.57. The Hall–Kier alpha value is -0.440. The zero-order valence-electron chi connectivity index (χ0n) is 6.72. The van der Waals surface area contributed by atoms with Crippen molar-refractivity contribution in [2.45, 2.75) is 6.54 Å². The zero-order valence-corrected chi connectivity index (χ0v) is 7.23. The van der Waals surface area contributed by atoms with Gasteiger partial charge in [0.1, 0.15) is 5.75 Å². The van der Waals surface area contributed by atoms with Crippen LogP contribution in [0.1, 0.15) is 6.99 Å². The van der Waals surface area contributed by atoms with Gasteiger partial charge in [-0.15, -0.1) is 0 Å². The third-order valence-electron chi connectivity index (χ3n) is 1.25. The Morgan fingerprint density at radius 3 is 2.64 bits per heavy atom. The molecule has 0 unspecified atom stereocenters. The number of aromatic hydroxyl groups is 1. The molecule has 0 aliphatic rings. The van der Waals surface area contributed by atoms with Gasteiger partial charge in [-0.1, -0.05) is 17.7 Å². The van der Waals surface area contributed by atoms with Gasteiger partial charge in [-0.2, -0.15) is 0 Å². The summed E-state index contributed by atoms with van der Waals surface area (Å²) in [6.45, 7) is 0.421. The first-order valence-electron chi connectivity index (χ1n) is 2.91. The quantitative estimate of drug-likeness (QED) is 0.578. The minimum absolute atomic E-state index is 0. The van der Waals surface area contributed by atoms with Crippen molar-refractivity contribution in [3.63, 3.8) is 0 Å². The fourth-order valence-electron chi connectivity index (χ4n) is 0.685. The van der Waals surface area contributed by atoms with E-state index in [1.807, 2.05) is 0 Å². The van der Waals surface area contributed by atoms with Gasteiger partial charge in [-0.3, -0.25) is 0 Å². The van der Waals surface area contributed by atoms with Crippen molar-refractivity contribution in [1.82, 2.24) is 0 Å². The van der Waals surface area contributed by atoms with Crippen LogP contribution in [0.3, 0.4) is 0 Å². The van der Waals surface area contributed by atoms with Gasteiger partial charge in [-0.25, -0.2) is 0 Å². The summed E-state index contributed by atoms with van der Waals surface area (Å²) < 4.78 is 0. The van der Waals surface area contributed by atoms with E-state index in [1.54, 1.807) is 18.2 Å². The van der Waals surface area contributed by atoms with E-state index in [0.29, 0.717) is 11.6 Å². The van der Waals surface area contributed by atoms with Crippen molar-refractivity contribution < 1.29 is 18.9 Å². The zero-order chi connectivity index (χ0) is 7.56. The van der Waals surface area contributed by atoms with Crippen LogP contribution in [-0.2, 0) is 6.54 Å². The molecule has 3 N–H and O–H groups in total. The smallest absolute Gasteiger partial charge is 1.00 e. The van der Waals surface area contributed by atoms with E-state index in [9.17, 15) is 0 Å². The molecule has 0 atom stereocenters. The molecule has 0 bridgehead atoms. The van der Waals surface area contributed by atoms with E-state index in [0.717, 1.165) is 5.56 Å². The van der Waals surface area contributed by atoms with Crippen molar-refractivity contribution >= 4 is 11.6 Å². The maximum Gasteiger partial charge on any atom is 1.00 e. The second-order valence-electron chi connectivity index (χ2n) is 1.99. The molecule has 0 radical (unpaired) electrons. The second kappa shape index (κ2) is 4.44. The van der Waals surface area contributed by atoms with E-state index in [-0.39, 0.29) is 19.6 Å². The summed E-state index contributed by atoms with van der Waals surface area (Å²) in [6.07, 6.45) is 0. The summed E-state index contributed by atoms with van der Waals surface area (Å²) in [7, 11) is 0. The molecule has 0 aliphatic carbocycles. The summed E-state index contributed by atoms with van der Waals surface area (Å²) in [4.78, 5) is 0. The predicted octanol–water partition coefficient (Wildman–Crippen LogP) is -1.38. The van der Waals surface area contributed by atoms with Crippen molar-refractivity contribution in [2.75, 3.05) is 0 Å². The highest BCUT2D eigenvalue weighted by molar-refractivity contribution is 6.31. The van der Waals surface area contributed by atoms with E-state index < -0.39 is 0 Å². The number of rotatable bonds is 1. The van der Waals surface area contributed by atoms with E-state index in [2.05, 4.69) is 0 Å². The van der Waals surface area contributed by atoms with E-state index in [4.69, 9.17) is 22.4 Å². The minimum Gasteiger partial charge on any atom is -1.00 e. The van der Waals surface area contributed by atoms with E-state index in [1.165, 1.54) is 0 Å². The van der Waals surface area contributed by atoms with Crippen LogP contribution < -0.4 is 18.1 Å². The van der Waals surface area contributed by atoms with Gasteiger partial charge in [0, 0.05) is 6.54 Å². The second-order valence-corrected chi connectivity index (χ2v) is 2.40. The molecule has 0 saturated carbocycles. The molecule has 0 fully saturated rings. The predicted molar refractivity (Wildman–Crippen MR) is 42.1 cm³/mol. The van der Waals surface area contributed by atoms with Gasteiger partial charge in [0.25, 0.3) is 0 Å². The maximum atomic E-state index is 9.04. The van der Waals surface area contributed by atoms with Crippen LogP contribution in [-0.4, -0.2) is 5.11 Å². The Kier molecular flexibility index (Phi) is 4.26. The highest BCUT2D eigenvalue weighted by atomic mass is 35.5. The minimum atomic E-state index is 0. The van der Waals surface area contributed by atoms with Gasteiger partial charge in [-0.05, 0) is 17.7 Å². The van der Waals surface area contributed by atoms with Crippen LogP contribution in [0, 0.1) is 0 Å². The van der Waals surface area contributed by atoms with Gasteiger partial charge >= 0.3 is 1.43 Å². The van der Waals surface area contributed by atoms with Crippen molar-refractivity contribution in [2.24, 2.45) is 5.73 Å². The molecule has 0 heterocycles. The molecular formula is C7H9Cl2NO. The molecule has 1 rings (SSSR count). The number of benzene rings is 1. The van der Waals surface area contributed by atoms with Crippen LogP contribution in [0.25, 0.3) is 0 Å². The molecule has 11 heavy (non-hydrogen) atoms. The molecule has 62 valence electrons. The average molecular weight is 194 g/mol. The molecule has 0 aromatic heterocycles. The lowest BCUT2D eigenvalue weighted by atomic mass is 10.2. The average Bonchev–Trinajstić information content (AvgIpc) is 1.95. The molecule has 0 spiro atoms. The number of hydrogen-bond donors (Lipinski definition) is 2. The number of phenols is 1. The summed E-state index contributed by atoms with van der Waals surface area (Å²) in [5.41, 5.74) is 6.19. The van der Waals surface area contributed by atoms with Crippen LogP contribution in [0.15, 0.2) is 18.2 Å². The summed E-state index contributed by atoms with van der Waals surface area (Å²) in [5, 5.41) is 9.40. The topological polar surface area (TPSA) is 46.2 Å². The Labute approximate surface area is 77.9 Å². The largest absolute Gasteiger partial charge is 1.00 e. The SMILES string of the molecule is NCc1ccc(Cl)c(O)c1.[Cl-].[H+]. The van der Waals surface area contributed by atoms with Crippen molar-refractivity contribution in [3.05, 3.63) is 28.8 Å². The molecule has 0 amide bonds. The Morgan fingerprint density at radius 2 is 2.18 bits per heavy atom. The normalized spacial score (nSPS) is 8.91. The fourth-order valence-corrected chi connectivity index (χ4v) is 0.803. The highest BCUT2D eigenvalue weighted by Gasteiger charge is 1.96. The Morgan fingerprint density at radius 1 is 1.55 bits per heavy atom. The van der Waals surface area contributed by atoms with Gasteiger partial charge in [0.05, 0.1) is 5.02 Å². The summed E-state index contributed by atoms with van der Waals surface area (Å²) >= 11 is 5.55. The van der Waals surface area contributed by atoms with Crippen LogP contribution in [0.4, 0.5) is 0 Å². The van der Waals surface area contributed by atoms with Crippen LogP contribution >= 0.6 is 11.6 Å². The summed E-state index contributed by atoms with van der Waals surface area (Å²) in [5.74, 6) is 0.0876. The van der Waals surface area contributed by atoms with Gasteiger partial charge in [0.2, 0.25) is 0 Å². The molecule has 0 aliphatic heterocycles. The first kappa shape index (κ1) is 10.6. The first-order chi connectivity index (χ1) is 4.74. The van der Waals surface area contributed by atoms with Crippen molar-refractivity contribution in [1.29, 1.82) is 0 Å². The standard InChI is InChI=1S/C7H8ClNO.ClH/c8-6-2-1-5(4-9)3-7(6)10;/h1-3,10H,4,9H2;1H. The monoisotopic (exact) mass is 193 g/mol. The number of nitrogens with two attached hydrogens (primary N) is 1. The number of phenolic OH excluding ortho intramolecular Hbond substituents is 1.